The number of nitrogens with zero attached hydrogens (tertiary/aromatic N) is 2. The summed E-state index contributed by atoms with van der Waals surface area (Å²) in [5, 5.41) is 60.5. The van der Waals surface area contributed by atoms with Crippen molar-refractivity contribution in [2.24, 2.45) is 46.3 Å². The van der Waals surface area contributed by atoms with Crippen LogP contribution in [-0.4, -0.2) is 148 Å². The monoisotopic (exact) mass is 993 g/mol. The highest BCUT2D eigenvalue weighted by molar-refractivity contribution is 6.59. The van der Waals surface area contributed by atoms with Crippen LogP contribution in [0, 0.1) is 46.3 Å². The van der Waals surface area contributed by atoms with E-state index in [0.717, 1.165) is 36.7 Å². The number of hydrogen-bond acceptors (Lipinski definition) is 12. The Labute approximate surface area is 421 Å². The molecule has 18 heteroatoms. The minimum Gasteiger partial charge on any atom is -0.480 e. The normalized spacial score (nSPS) is 29.3. The molecule has 9 N–H and O–H groups in total. The number of rotatable bonds is 26. The summed E-state index contributed by atoms with van der Waals surface area (Å²) in [5.74, 6) is -0.0371. The number of ketones is 1. The van der Waals surface area contributed by atoms with E-state index in [1.165, 1.54) is 38.5 Å². The summed E-state index contributed by atoms with van der Waals surface area (Å²) in [7, 11) is 0.0469. The van der Waals surface area contributed by atoms with Gasteiger partial charge in [-0.15, -0.1) is 0 Å². The number of piperazine rings is 1. The zero-order chi connectivity index (χ0) is 51.5. The third-order valence-corrected chi connectivity index (χ3v) is 18.3. The number of benzene rings is 1. The lowest BCUT2D eigenvalue weighted by atomic mass is 9.44. The molecular formula is C53H85BN6O11. The second-order valence-corrected chi connectivity index (χ2v) is 22.6. The van der Waals surface area contributed by atoms with Gasteiger partial charge in [0.25, 0.3) is 0 Å². The maximum atomic E-state index is 13.1. The number of unbranched alkanes of at least 4 members (excludes halogenated alkanes) is 1. The minimum atomic E-state index is -1.55. The Morgan fingerprint density at radius 3 is 2.08 bits per heavy atom. The minimum absolute atomic E-state index is 0.0160. The molecule has 5 aliphatic rings. The van der Waals surface area contributed by atoms with Crippen molar-refractivity contribution in [2.45, 2.75) is 167 Å². The van der Waals surface area contributed by atoms with Crippen LogP contribution in [0.4, 0.5) is 0 Å². The second-order valence-electron chi connectivity index (χ2n) is 22.6. The van der Waals surface area contributed by atoms with E-state index in [1.807, 2.05) is 17.0 Å². The first-order chi connectivity index (χ1) is 33.8. The van der Waals surface area contributed by atoms with E-state index in [2.05, 4.69) is 46.9 Å². The lowest BCUT2D eigenvalue weighted by Crippen LogP contribution is -2.54. The Kier molecular flexibility index (Phi) is 20.5. The number of hydrogen-bond donors (Lipinski definition) is 9. The third-order valence-electron chi connectivity index (χ3n) is 18.3. The van der Waals surface area contributed by atoms with Crippen LogP contribution in [0.15, 0.2) is 24.3 Å². The quantitative estimate of drug-likeness (QED) is 0.0478. The van der Waals surface area contributed by atoms with Crippen molar-refractivity contribution in [1.29, 1.82) is 0 Å². The number of aliphatic hydroxyl groups excluding tert-OH is 1. The maximum absolute atomic E-state index is 13.1. The van der Waals surface area contributed by atoms with E-state index >= 15 is 0 Å². The average molecular weight is 993 g/mol. The summed E-state index contributed by atoms with van der Waals surface area (Å²) in [4.78, 5) is 80.3. The number of aliphatic hydroxyl groups is 1. The van der Waals surface area contributed by atoms with Crippen molar-refractivity contribution >= 4 is 48.0 Å². The number of Topliss-reactive ketones (excluding diaryl/α,β-unsaturated/α-hetero) is 1. The van der Waals surface area contributed by atoms with E-state index in [9.17, 15) is 54.1 Å². The van der Waals surface area contributed by atoms with Gasteiger partial charge in [0.05, 0.1) is 18.7 Å². The van der Waals surface area contributed by atoms with Gasteiger partial charge in [-0.1, -0.05) is 45.0 Å². The van der Waals surface area contributed by atoms with Gasteiger partial charge in [0.1, 0.15) is 17.9 Å². The van der Waals surface area contributed by atoms with Gasteiger partial charge >= 0.3 is 19.1 Å². The highest BCUT2D eigenvalue weighted by atomic mass is 16.4. The van der Waals surface area contributed by atoms with E-state index < -0.39 is 43.1 Å². The summed E-state index contributed by atoms with van der Waals surface area (Å²) in [6.07, 6.45) is 12.4. The number of carbonyl (C=O) groups excluding carboxylic acids is 4. The molecule has 6 rings (SSSR count). The molecule has 71 heavy (non-hydrogen) atoms. The van der Waals surface area contributed by atoms with Crippen LogP contribution in [0.2, 0.25) is 0 Å². The van der Waals surface area contributed by atoms with Crippen molar-refractivity contribution in [1.82, 2.24) is 31.1 Å². The van der Waals surface area contributed by atoms with Crippen molar-refractivity contribution in [3.8, 4) is 0 Å². The molecule has 4 saturated carbocycles. The lowest BCUT2D eigenvalue weighted by molar-refractivity contribution is -0.142. The van der Waals surface area contributed by atoms with Crippen LogP contribution in [0.5, 0.6) is 0 Å². The standard InChI is InChI=1S/C53H85BN6O11/c1-34(40-16-17-41-39-15-13-36-31-37(61)22-24-52(36,2)42(39)23-25-53(40,41)3)12-20-48(64)57-45(50(66)67)19-21-47(63)56-26-8-7-11-44(55-4)49(65)58-46(51(68)69)18-14-38(62)33-60-29-27-59(28-30-60)32-35-9-5-6-10-43(35)54(70)71/h5-6,9-10,34,36-37,39-42,44-46,55,61,70-71H,7-8,11-33H2,1-4H3,(H,56,63)(H,57,64)(H,58,65)(H,66,67)(H,68,69)/t34?,36-,37-,39?,40?,41?,42?,44?,45?,46?,52+,53-/m0/s1. The van der Waals surface area contributed by atoms with Gasteiger partial charge in [0.15, 0.2) is 0 Å². The number of carboxylic acids is 2. The molecule has 12 atom stereocenters. The Morgan fingerprint density at radius 1 is 0.732 bits per heavy atom. The topological polar surface area (TPSA) is 258 Å². The zero-order valence-corrected chi connectivity index (χ0v) is 42.9. The van der Waals surface area contributed by atoms with Crippen LogP contribution in [-0.2, 0) is 35.3 Å². The fraction of sp³-hybridized carbons (Fsp3) is 0.774. The van der Waals surface area contributed by atoms with Crippen molar-refractivity contribution in [3.63, 3.8) is 0 Å². The fourth-order valence-corrected chi connectivity index (χ4v) is 14.2. The highest BCUT2D eigenvalue weighted by Gasteiger charge is 2.60. The summed E-state index contributed by atoms with van der Waals surface area (Å²) in [5.41, 5.74) is 1.88. The van der Waals surface area contributed by atoms with E-state index in [-0.39, 0.29) is 67.8 Å². The SMILES string of the molecule is CNC(CCCCNC(=O)CCC(NC(=O)CCC(C)C1CCC2C3CC[C@H]4C[C@@H](O)CC[C@@]4(C)C3CC[C@@]12C)C(=O)O)C(=O)NC(CCC(=O)CN1CCN(Cc2ccccc2B(O)O)CC1)C(=O)O. The Hall–Kier alpha value is -3.94. The molecule has 1 heterocycles. The van der Waals surface area contributed by atoms with Crippen LogP contribution in [0.3, 0.4) is 0 Å². The zero-order valence-electron chi connectivity index (χ0n) is 42.9. The lowest BCUT2D eigenvalue weighted by Gasteiger charge is -2.61. The summed E-state index contributed by atoms with van der Waals surface area (Å²) >= 11 is 0. The van der Waals surface area contributed by atoms with Crippen LogP contribution in [0.25, 0.3) is 0 Å². The first-order valence-electron chi connectivity index (χ1n) is 26.9. The Morgan fingerprint density at radius 2 is 1.38 bits per heavy atom. The number of carbonyl (C=O) groups is 6. The first-order valence-corrected chi connectivity index (χ1v) is 26.9. The van der Waals surface area contributed by atoms with Gasteiger partial charge in [-0.2, -0.15) is 0 Å². The number of likely N-dealkylation sites (N-methyl/N-ethyl adjacent to an activating group) is 1. The molecule has 0 aromatic heterocycles. The molecule has 5 fully saturated rings. The number of fused-ring (bicyclic) bond motifs is 5. The molecule has 0 bridgehead atoms. The molecule has 1 aromatic carbocycles. The summed E-state index contributed by atoms with van der Waals surface area (Å²) in [6, 6.07) is 4.03. The third kappa shape index (κ3) is 14.6. The molecule has 1 aromatic rings. The summed E-state index contributed by atoms with van der Waals surface area (Å²) < 4.78 is 0. The summed E-state index contributed by atoms with van der Waals surface area (Å²) in [6.45, 7) is 10.9. The van der Waals surface area contributed by atoms with Crippen molar-refractivity contribution in [2.75, 3.05) is 46.3 Å². The van der Waals surface area contributed by atoms with Gasteiger partial charge in [-0.25, -0.2) is 9.59 Å². The van der Waals surface area contributed by atoms with Gasteiger partial charge in [-0.3, -0.25) is 29.0 Å². The smallest absolute Gasteiger partial charge is 0.480 e. The van der Waals surface area contributed by atoms with Crippen LogP contribution < -0.4 is 26.7 Å². The van der Waals surface area contributed by atoms with Crippen molar-refractivity contribution < 1.29 is 54.1 Å². The largest absolute Gasteiger partial charge is 0.488 e. The van der Waals surface area contributed by atoms with E-state index in [0.29, 0.717) is 99.5 Å². The van der Waals surface area contributed by atoms with Gasteiger partial charge in [-0.05, 0) is 161 Å². The second kappa shape index (κ2) is 25.8. The molecule has 4 aliphatic carbocycles. The molecule has 396 valence electrons. The van der Waals surface area contributed by atoms with Crippen LogP contribution in [0.1, 0.15) is 142 Å². The van der Waals surface area contributed by atoms with Gasteiger partial charge < -0.3 is 46.6 Å². The van der Waals surface area contributed by atoms with Crippen molar-refractivity contribution in [3.05, 3.63) is 29.8 Å². The number of nitrogens with one attached hydrogen (secondary N) is 4. The van der Waals surface area contributed by atoms with E-state index in [1.54, 1.807) is 19.2 Å². The Bertz CT molecular complexity index is 1990. The molecule has 8 unspecified atom stereocenters. The maximum Gasteiger partial charge on any atom is 0.488 e. The Balaban J connectivity index is 0.830. The molecular weight excluding hydrogens is 907 g/mol. The molecule has 17 nitrogen and oxygen atoms in total. The fourth-order valence-electron chi connectivity index (χ4n) is 14.2. The van der Waals surface area contributed by atoms with Gasteiger partial charge in [0.2, 0.25) is 17.7 Å². The molecule has 0 spiro atoms. The number of amides is 3. The molecule has 3 amide bonds. The number of aliphatic carboxylic acids is 2. The van der Waals surface area contributed by atoms with Gasteiger partial charge in [0, 0.05) is 58.5 Å². The number of carboxylic acid groups (broad SMARTS) is 2. The van der Waals surface area contributed by atoms with E-state index in [4.69, 9.17) is 0 Å². The van der Waals surface area contributed by atoms with Crippen LogP contribution >= 0.6 is 0 Å². The predicted octanol–water partition coefficient (Wildman–Crippen LogP) is 3.06. The predicted molar refractivity (Wildman–Crippen MR) is 270 cm³/mol. The highest BCUT2D eigenvalue weighted by Crippen LogP contribution is 2.68. The first kappa shape index (κ1) is 56.4. The molecule has 0 radical (unpaired) electrons. The average Bonchev–Trinajstić information content (AvgIpc) is 3.70. The molecule has 1 saturated heterocycles. The molecule has 1 aliphatic heterocycles.